The molecule has 0 bridgehead atoms. The smallest absolute Gasteiger partial charge is 0.173 e. The first-order chi connectivity index (χ1) is 8.16. The zero-order valence-electron chi connectivity index (χ0n) is 9.08. The second-order valence-corrected chi connectivity index (χ2v) is 5.36. The Morgan fingerprint density at radius 1 is 1.41 bits per heavy atom. The number of halogens is 2. The Balaban J connectivity index is 2.02. The van der Waals surface area contributed by atoms with E-state index in [1.165, 1.54) is 0 Å². The summed E-state index contributed by atoms with van der Waals surface area (Å²) in [6, 6.07) is 5.67. The second kappa shape index (κ2) is 6.00. The van der Waals surface area contributed by atoms with Gasteiger partial charge < -0.3 is 15.0 Å². The molecule has 0 aliphatic carbocycles. The number of rotatable bonds is 1. The van der Waals surface area contributed by atoms with Gasteiger partial charge in [0.2, 0.25) is 0 Å². The molecular weight excluding hydrogens is 324 g/mol. The highest BCUT2D eigenvalue weighted by Crippen LogP contribution is 2.25. The van der Waals surface area contributed by atoms with Crippen LogP contribution in [-0.4, -0.2) is 36.3 Å². The standard InChI is InChI=1S/C11H12BrClN2OS/c12-8-1-2-10(9(13)7-8)14-11(17)15-3-5-16-6-4-15/h1-2,7H,3-6H2,(H,14,17). The number of nitrogens with zero attached hydrogens (tertiary/aromatic N) is 1. The Bertz CT molecular complexity index is 424. The fraction of sp³-hybridized carbons (Fsp3) is 0.364. The highest BCUT2D eigenvalue weighted by molar-refractivity contribution is 9.10. The molecule has 0 aromatic heterocycles. The van der Waals surface area contributed by atoms with Gasteiger partial charge in [-0.1, -0.05) is 27.5 Å². The maximum absolute atomic E-state index is 6.12. The van der Waals surface area contributed by atoms with Crippen LogP contribution in [0.25, 0.3) is 0 Å². The molecule has 0 atom stereocenters. The molecule has 1 aliphatic rings. The summed E-state index contributed by atoms with van der Waals surface area (Å²) in [5.41, 5.74) is 0.825. The maximum Gasteiger partial charge on any atom is 0.173 e. The van der Waals surface area contributed by atoms with Crippen LogP contribution in [0.3, 0.4) is 0 Å². The molecule has 0 amide bonds. The van der Waals surface area contributed by atoms with Crippen LogP contribution in [0.2, 0.25) is 5.02 Å². The van der Waals surface area contributed by atoms with Gasteiger partial charge >= 0.3 is 0 Å². The lowest BCUT2D eigenvalue weighted by molar-refractivity contribution is 0.0690. The highest BCUT2D eigenvalue weighted by Gasteiger charge is 2.14. The summed E-state index contributed by atoms with van der Waals surface area (Å²) in [6.45, 7) is 3.08. The van der Waals surface area contributed by atoms with Crippen molar-refractivity contribution in [3.8, 4) is 0 Å². The minimum Gasteiger partial charge on any atom is -0.378 e. The summed E-state index contributed by atoms with van der Waals surface area (Å²) in [4.78, 5) is 2.08. The van der Waals surface area contributed by atoms with E-state index in [0.717, 1.165) is 36.5 Å². The van der Waals surface area contributed by atoms with Gasteiger partial charge in [0.05, 0.1) is 23.9 Å². The van der Waals surface area contributed by atoms with E-state index in [2.05, 4.69) is 26.1 Å². The average Bonchev–Trinajstić information content (AvgIpc) is 2.34. The van der Waals surface area contributed by atoms with Crippen molar-refractivity contribution >= 4 is 50.5 Å². The Hall–Kier alpha value is -0.360. The molecular formula is C11H12BrClN2OS. The van der Waals surface area contributed by atoms with Crippen LogP contribution >= 0.6 is 39.7 Å². The summed E-state index contributed by atoms with van der Waals surface area (Å²) in [7, 11) is 0. The number of morpholine rings is 1. The topological polar surface area (TPSA) is 24.5 Å². The fourth-order valence-corrected chi connectivity index (χ4v) is 2.56. The van der Waals surface area contributed by atoms with Crippen molar-refractivity contribution in [3.63, 3.8) is 0 Å². The lowest BCUT2D eigenvalue weighted by Crippen LogP contribution is -2.42. The predicted molar refractivity (Wildman–Crippen MR) is 77.8 cm³/mol. The van der Waals surface area contributed by atoms with Gasteiger partial charge in [-0.3, -0.25) is 0 Å². The van der Waals surface area contributed by atoms with Crippen LogP contribution < -0.4 is 5.32 Å². The van der Waals surface area contributed by atoms with Gasteiger partial charge in [0.1, 0.15) is 0 Å². The van der Waals surface area contributed by atoms with Crippen LogP contribution in [0.5, 0.6) is 0 Å². The summed E-state index contributed by atoms with van der Waals surface area (Å²) in [6.07, 6.45) is 0. The van der Waals surface area contributed by atoms with Crippen molar-refractivity contribution in [2.75, 3.05) is 31.6 Å². The van der Waals surface area contributed by atoms with Crippen molar-refractivity contribution < 1.29 is 4.74 Å². The molecule has 3 nitrogen and oxygen atoms in total. The lowest BCUT2D eigenvalue weighted by Gasteiger charge is -2.29. The highest BCUT2D eigenvalue weighted by atomic mass is 79.9. The number of benzene rings is 1. The van der Waals surface area contributed by atoms with Gasteiger partial charge in [0.15, 0.2) is 5.11 Å². The van der Waals surface area contributed by atoms with Crippen molar-refractivity contribution in [2.45, 2.75) is 0 Å². The fourth-order valence-electron chi connectivity index (χ4n) is 1.55. The molecule has 2 rings (SSSR count). The third kappa shape index (κ3) is 3.55. The SMILES string of the molecule is S=C(Nc1ccc(Br)cc1Cl)N1CCOCC1. The molecule has 0 saturated carbocycles. The molecule has 92 valence electrons. The van der Waals surface area contributed by atoms with Crippen molar-refractivity contribution in [3.05, 3.63) is 27.7 Å². The first-order valence-electron chi connectivity index (χ1n) is 5.25. The minimum atomic E-state index is 0.648. The Morgan fingerprint density at radius 3 is 2.76 bits per heavy atom. The molecule has 6 heteroatoms. The van der Waals surface area contributed by atoms with E-state index in [1.807, 2.05) is 18.2 Å². The number of nitrogens with one attached hydrogen (secondary N) is 1. The number of hydrogen-bond acceptors (Lipinski definition) is 2. The largest absolute Gasteiger partial charge is 0.378 e. The van der Waals surface area contributed by atoms with E-state index in [1.54, 1.807) is 0 Å². The molecule has 1 heterocycles. The van der Waals surface area contributed by atoms with Crippen molar-refractivity contribution in [1.82, 2.24) is 4.90 Å². The summed E-state index contributed by atoms with van der Waals surface area (Å²) in [5.74, 6) is 0. The summed E-state index contributed by atoms with van der Waals surface area (Å²) < 4.78 is 6.23. The lowest BCUT2D eigenvalue weighted by atomic mass is 10.3. The molecule has 1 aromatic rings. The zero-order chi connectivity index (χ0) is 12.3. The Morgan fingerprint density at radius 2 is 2.12 bits per heavy atom. The van der Waals surface area contributed by atoms with Crippen molar-refractivity contribution in [2.24, 2.45) is 0 Å². The van der Waals surface area contributed by atoms with Gasteiger partial charge in [-0.2, -0.15) is 0 Å². The summed E-state index contributed by atoms with van der Waals surface area (Å²) >= 11 is 14.8. The van der Waals surface area contributed by atoms with Gasteiger partial charge in [-0.25, -0.2) is 0 Å². The van der Waals surface area contributed by atoms with Gasteiger partial charge in [0, 0.05) is 17.6 Å². The van der Waals surface area contributed by atoms with Gasteiger partial charge in [-0.15, -0.1) is 0 Å². The quantitative estimate of drug-likeness (QED) is 0.797. The Kier molecular flexibility index (Phi) is 4.62. The van der Waals surface area contributed by atoms with E-state index in [4.69, 9.17) is 28.6 Å². The molecule has 1 fully saturated rings. The van der Waals surface area contributed by atoms with E-state index in [-0.39, 0.29) is 0 Å². The van der Waals surface area contributed by atoms with Crippen LogP contribution in [0, 0.1) is 0 Å². The number of anilines is 1. The molecule has 1 N–H and O–H groups in total. The second-order valence-electron chi connectivity index (χ2n) is 3.65. The monoisotopic (exact) mass is 334 g/mol. The molecule has 0 unspecified atom stereocenters. The van der Waals surface area contributed by atoms with Gasteiger partial charge in [-0.05, 0) is 30.4 Å². The molecule has 0 radical (unpaired) electrons. The molecule has 1 aliphatic heterocycles. The zero-order valence-corrected chi connectivity index (χ0v) is 12.2. The molecule has 17 heavy (non-hydrogen) atoms. The van der Waals surface area contributed by atoms with E-state index >= 15 is 0 Å². The number of ether oxygens (including phenoxy) is 1. The van der Waals surface area contributed by atoms with Crippen LogP contribution in [-0.2, 0) is 4.74 Å². The normalized spacial score (nSPS) is 15.8. The van der Waals surface area contributed by atoms with Crippen molar-refractivity contribution in [1.29, 1.82) is 0 Å². The van der Waals surface area contributed by atoms with E-state index in [0.29, 0.717) is 10.1 Å². The van der Waals surface area contributed by atoms with Gasteiger partial charge in [0.25, 0.3) is 0 Å². The average molecular weight is 336 g/mol. The maximum atomic E-state index is 6.12. The third-order valence-electron chi connectivity index (χ3n) is 2.47. The minimum absolute atomic E-state index is 0.648. The first-order valence-corrected chi connectivity index (χ1v) is 6.83. The number of hydrogen-bond donors (Lipinski definition) is 1. The van der Waals surface area contributed by atoms with Crippen LogP contribution in [0.15, 0.2) is 22.7 Å². The Labute approximate surface area is 119 Å². The van der Waals surface area contributed by atoms with Crippen LogP contribution in [0.4, 0.5) is 5.69 Å². The molecule has 1 aromatic carbocycles. The third-order valence-corrected chi connectivity index (χ3v) is 3.64. The van der Waals surface area contributed by atoms with Crippen LogP contribution in [0.1, 0.15) is 0 Å². The first kappa shape index (κ1) is 13.1. The summed E-state index contributed by atoms with van der Waals surface area (Å²) in [5, 5.41) is 4.50. The van der Waals surface area contributed by atoms with E-state index in [9.17, 15) is 0 Å². The molecule has 0 spiro atoms. The van der Waals surface area contributed by atoms with E-state index < -0.39 is 0 Å². The predicted octanol–water partition coefficient (Wildman–Crippen LogP) is 3.13. The molecule has 1 saturated heterocycles. The number of thiocarbonyl (C=S) groups is 1.